The number of fused-ring (bicyclic) bond motifs is 1. The summed E-state index contributed by atoms with van der Waals surface area (Å²) in [5.74, 6) is 1.71. The first-order valence-electron chi connectivity index (χ1n) is 10.7. The molecule has 8 heteroatoms. The summed E-state index contributed by atoms with van der Waals surface area (Å²) in [5, 5.41) is 14.5. The maximum absolute atomic E-state index is 12.6. The number of benzene rings is 3. The summed E-state index contributed by atoms with van der Waals surface area (Å²) in [6.45, 7) is 6.99. The molecular weight excluding hydrogens is 500 g/mol. The molecule has 1 aromatic heterocycles. The van der Waals surface area contributed by atoms with Crippen LogP contribution in [0.2, 0.25) is 0 Å². The topological polar surface area (TPSA) is 69.0 Å². The fraction of sp³-hybridized carbons (Fsp3) is 0.240. The zero-order valence-electron chi connectivity index (χ0n) is 18.8. The number of hydrogen-bond donors (Lipinski definition) is 1. The average Bonchev–Trinajstić information content (AvgIpc) is 3.20. The van der Waals surface area contributed by atoms with Gasteiger partial charge in [0.25, 0.3) is 0 Å². The molecule has 0 atom stereocenters. The third kappa shape index (κ3) is 5.39. The minimum absolute atomic E-state index is 0.0762. The van der Waals surface area contributed by atoms with Gasteiger partial charge in [-0.2, -0.15) is 0 Å². The van der Waals surface area contributed by atoms with Crippen molar-refractivity contribution >= 4 is 50.1 Å². The molecule has 0 radical (unpaired) electrons. The van der Waals surface area contributed by atoms with Crippen molar-refractivity contribution in [2.75, 3.05) is 11.1 Å². The van der Waals surface area contributed by atoms with E-state index in [9.17, 15) is 4.79 Å². The molecule has 1 N–H and O–H groups in total. The molecule has 0 aliphatic heterocycles. The molecule has 0 aliphatic rings. The summed E-state index contributed by atoms with van der Waals surface area (Å²) >= 11 is 4.86. The van der Waals surface area contributed by atoms with Crippen LogP contribution in [0.5, 0.6) is 5.75 Å². The highest BCUT2D eigenvalue weighted by atomic mass is 79.9. The molecular formula is C25H25BrN4O2S. The molecule has 0 saturated carbocycles. The summed E-state index contributed by atoms with van der Waals surface area (Å²) in [4.78, 5) is 12.6. The van der Waals surface area contributed by atoms with Crippen LogP contribution in [0.25, 0.3) is 10.8 Å². The molecule has 6 nitrogen and oxygen atoms in total. The van der Waals surface area contributed by atoms with E-state index in [0.29, 0.717) is 18.3 Å². The lowest BCUT2D eigenvalue weighted by Gasteiger charge is -2.13. The van der Waals surface area contributed by atoms with Crippen LogP contribution in [-0.2, 0) is 17.9 Å². The van der Waals surface area contributed by atoms with Crippen LogP contribution in [0.4, 0.5) is 5.69 Å². The third-order valence-electron chi connectivity index (χ3n) is 5.31. The van der Waals surface area contributed by atoms with Gasteiger partial charge >= 0.3 is 0 Å². The zero-order chi connectivity index (χ0) is 23.4. The first-order chi connectivity index (χ1) is 16.0. The van der Waals surface area contributed by atoms with Crippen molar-refractivity contribution in [3.63, 3.8) is 0 Å². The fourth-order valence-corrected chi connectivity index (χ4v) is 5.24. The largest absolute Gasteiger partial charge is 0.485 e. The summed E-state index contributed by atoms with van der Waals surface area (Å²) in [6, 6.07) is 18.1. The Morgan fingerprint density at radius 3 is 2.58 bits per heavy atom. The Kier molecular flexibility index (Phi) is 7.35. The van der Waals surface area contributed by atoms with Crippen molar-refractivity contribution < 1.29 is 9.53 Å². The van der Waals surface area contributed by atoms with E-state index >= 15 is 0 Å². The Labute approximate surface area is 205 Å². The number of thioether (sulfide) groups is 1. The zero-order valence-corrected chi connectivity index (χ0v) is 21.2. The number of hydrogen-bond acceptors (Lipinski definition) is 5. The minimum Gasteiger partial charge on any atom is -0.485 e. The van der Waals surface area contributed by atoms with Crippen LogP contribution >= 0.6 is 27.7 Å². The van der Waals surface area contributed by atoms with Gasteiger partial charge in [-0.15, -0.1) is 10.2 Å². The van der Waals surface area contributed by atoms with Crippen molar-refractivity contribution in [3.05, 3.63) is 76.0 Å². The number of aryl methyl sites for hydroxylation is 2. The molecule has 3 aromatic carbocycles. The fourth-order valence-electron chi connectivity index (χ4n) is 3.73. The van der Waals surface area contributed by atoms with Crippen LogP contribution in [0, 0.1) is 13.8 Å². The Morgan fingerprint density at radius 2 is 1.82 bits per heavy atom. The molecule has 0 spiro atoms. The summed E-state index contributed by atoms with van der Waals surface area (Å²) in [6.07, 6.45) is 0. The van der Waals surface area contributed by atoms with Gasteiger partial charge in [0.05, 0.1) is 5.75 Å². The number of anilines is 1. The van der Waals surface area contributed by atoms with E-state index in [1.54, 1.807) is 0 Å². The number of nitrogens with zero attached hydrogens (tertiary/aromatic N) is 3. The van der Waals surface area contributed by atoms with Crippen LogP contribution in [0.3, 0.4) is 0 Å². The lowest BCUT2D eigenvalue weighted by atomic mass is 10.1. The van der Waals surface area contributed by atoms with Crippen LogP contribution in [0.15, 0.2) is 64.2 Å². The quantitative estimate of drug-likeness (QED) is 0.280. The van der Waals surface area contributed by atoms with Gasteiger partial charge in [0.15, 0.2) is 11.0 Å². The van der Waals surface area contributed by atoms with Gasteiger partial charge in [-0.05, 0) is 55.5 Å². The number of ether oxygens (including phenoxy) is 1. The highest BCUT2D eigenvalue weighted by Crippen LogP contribution is 2.27. The first-order valence-corrected chi connectivity index (χ1v) is 12.5. The Hall–Kier alpha value is -2.84. The average molecular weight is 525 g/mol. The molecule has 170 valence electrons. The molecule has 0 unspecified atom stereocenters. The number of carbonyl (C=O) groups is 1. The molecule has 1 amide bonds. The highest BCUT2D eigenvalue weighted by molar-refractivity contribution is 9.10. The highest BCUT2D eigenvalue weighted by Gasteiger charge is 2.15. The van der Waals surface area contributed by atoms with Gasteiger partial charge < -0.3 is 14.6 Å². The van der Waals surface area contributed by atoms with Gasteiger partial charge in [0, 0.05) is 22.1 Å². The number of aromatic nitrogens is 3. The van der Waals surface area contributed by atoms with E-state index in [0.717, 1.165) is 43.6 Å². The van der Waals surface area contributed by atoms with Crippen molar-refractivity contribution in [2.45, 2.75) is 39.1 Å². The van der Waals surface area contributed by atoms with Crippen molar-refractivity contribution in [1.29, 1.82) is 0 Å². The molecule has 1 heterocycles. The van der Waals surface area contributed by atoms with Gasteiger partial charge in [-0.3, -0.25) is 4.79 Å². The van der Waals surface area contributed by atoms with Gasteiger partial charge in [0.1, 0.15) is 12.4 Å². The lowest BCUT2D eigenvalue weighted by Crippen LogP contribution is -2.16. The van der Waals surface area contributed by atoms with Crippen LogP contribution in [0.1, 0.15) is 23.9 Å². The SMILES string of the molecule is CCn1c(COc2cccc3ccccc23)nnc1SCC(=O)Nc1c(C)cc(Br)cc1C. The van der Waals surface area contributed by atoms with E-state index in [1.807, 2.05) is 67.8 Å². The van der Waals surface area contributed by atoms with E-state index < -0.39 is 0 Å². The van der Waals surface area contributed by atoms with E-state index in [4.69, 9.17) is 4.74 Å². The molecule has 33 heavy (non-hydrogen) atoms. The monoisotopic (exact) mass is 524 g/mol. The Morgan fingerprint density at radius 1 is 1.09 bits per heavy atom. The molecule has 0 saturated heterocycles. The van der Waals surface area contributed by atoms with Gasteiger partial charge in [-0.1, -0.05) is 64.1 Å². The maximum Gasteiger partial charge on any atom is 0.234 e. The smallest absolute Gasteiger partial charge is 0.234 e. The number of rotatable bonds is 8. The Balaban J connectivity index is 1.41. The molecule has 0 fully saturated rings. The molecule has 0 aliphatic carbocycles. The van der Waals surface area contributed by atoms with Crippen molar-refractivity contribution in [1.82, 2.24) is 14.8 Å². The minimum atomic E-state index is -0.0762. The second kappa shape index (κ2) is 10.4. The van der Waals surface area contributed by atoms with Crippen molar-refractivity contribution in [2.24, 2.45) is 0 Å². The predicted molar refractivity (Wildman–Crippen MR) is 137 cm³/mol. The summed E-state index contributed by atoms with van der Waals surface area (Å²) < 4.78 is 9.07. The first kappa shape index (κ1) is 23.3. The number of halogens is 1. The predicted octanol–water partition coefficient (Wildman–Crippen LogP) is 6.14. The maximum atomic E-state index is 12.6. The number of carbonyl (C=O) groups excluding carboxylic acids is 1. The normalized spacial score (nSPS) is 11.0. The summed E-state index contributed by atoms with van der Waals surface area (Å²) in [7, 11) is 0. The lowest BCUT2D eigenvalue weighted by molar-refractivity contribution is -0.113. The second-order valence-electron chi connectivity index (χ2n) is 7.66. The van der Waals surface area contributed by atoms with E-state index in [2.05, 4.69) is 43.6 Å². The van der Waals surface area contributed by atoms with Crippen molar-refractivity contribution in [3.8, 4) is 5.75 Å². The van der Waals surface area contributed by atoms with E-state index in [1.165, 1.54) is 11.8 Å². The number of nitrogens with one attached hydrogen (secondary N) is 1. The second-order valence-corrected chi connectivity index (χ2v) is 9.52. The standard InChI is InChI=1S/C25H25BrN4O2S/c1-4-30-22(14-32-21-11-7-9-18-8-5-6-10-20(18)21)28-29-25(30)33-15-23(31)27-24-16(2)12-19(26)13-17(24)3/h5-13H,4,14-15H2,1-3H3,(H,27,31). The van der Waals surface area contributed by atoms with Gasteiger partial charge in [0.2, 0.25) is 5.91 Å². The van der Waals surface area contributed by atoms with Gasteiger partial charge in [-0.25, -0.2) is 0 Å². The van der Waals surface area contributed by atoms with Crippen LogP contribution < -0.4 is 10.1 Å². The number of amides is 1. The van der Waals surface area contributed by atoms with Crippen LogP contribution in [-0.4, -0.2) is 26.4 Å². The molecule has 4 aromatic rings. The third-order valence-corrected chi connectivity index (χ3v) is 6.73. The Bertz CT molecular complexity index is 1280. The summed E-state index contributed by atoms with van der Waals surface area (Å²) in [5.41, 5.74) is 2.89. The molecule has 4 rings (SSSR count). The molecule has 0 bridgehead atoms. The van der Waals surface area contributed by atoms with E-state index in [-0.39, 0.29) is 11.7 Å².